The van der Waals surface area contributed by atoms with E-state index < -0.39 is 5.91 Å². The fourth-order valence-electron chi connectivity index (χ4n) is 0.988. The number of hydrogen-bond donors (Lipinski definition) is 1. The van der Waals surface area contributed by atoms with Crippen molar-refractivity contribution in [1.29, 1.82) is 0 Å². The Morgan fingerprint density at radius 1 is 1.53 bits per heavy atom. The SMILES string of the molecule is C=C(N=CC(C)Br)C(=O)Nc1ccc(F)cc1. The van der Waals surface area contributed by atoms with Crippen LogP contribution in [-0.2, 0) is 4.79 Å². The Bertz CT molecular complexity index is 440. The number of hydrogen-bond acceptors (Lipinski definition) is 2. The van der Waals surface area contributed by atoms with E-state index in [2.05, 4.69) is 32.8 Å². The van der Waals surface area contributed by atoms with Gasteiger partial charge >= 0.3 is 0 Å². The van der Waals surface area contributed by atoms with Crippen LogP contribution in [0.15, 0.2) is 41.5 Å². The molecule has 3 nitrogen and oxygen atoms in total. The summed E-state index contributed by atoms with van der Waals surface area (Å²) in [6, 6.07) is 5.47. The van der Waals surface area contributed by atoms with Crippen LogP contribution in [0, 0.1) is 5.82 Å². The van der Waals surface area contributed by atoms with Gasteiger partial charge in [0.1, 0.15) is 11.5 Å². The molecule has 0 aliphatic carbocycles. The van der Waals surface area contributed by atoms with Gasteiger partial charge in [-0.2, -0.15) is 0 Å². The maximum absolute atomic E-state index is 12.6. The molecule has 0 saturated carbocycles. The first-order valence-corrected chi connectivity index (χ1v) is 5.84. The predicted molar refractivity (Wildman–Crippen MR) is 71.1 cm³/mol. The molecule has 1 N–H and O–H groups in total. The lowest BCUT2D eigenvalue weighted by Gasteiger charge is -2.04. The normalized spacial score (nSPS) is 12.4. The van der Waals surface area contributed by atoms with Crippen molar-refractivity contribution in [2.75, 3.05) is 5.32 Å². The molecule has 1 unspecified atom stereocenters. The van der Waals surface area contributed by atoms with Gasteiger partial charge in [0.2, 0.25) is 0 Å². The summed E-state index contributed by atoms with van der Waals surface area (Å²) in [7, 11) is 0. The van der Waals surface area contributed by atoms with Gasteiger partial charge in [-0.15, -0.1) is 0 Å². The number of rotatable bonds is 4. The summed E-state index contributed by atoms with van der Waals surface area (Å²) in [5.74, 6) is -0.769. The van der Waals surface area contributed by atoms with Crippen molar-refractivity contribution in [3.63, 3.8) is 0 Å². The quantitative estimate of drug-likeness (QED) is 0.518. The topological polar surface area (TPSA) is 41.5 Å². The monoisotopic (exact) mass is 298 g/mol. The molecule has 1 atom stereocenters. The number of halogens is 2. The van der Waals surface area contributed by atoms with Crippen molar-refractivity contribution in [1.82, 2.24) is 0 Å². The standard InChI is InChI=1S/C12H12BrFN2O/c1-8(13)7-15-9(2)12(17)16-11-5-3-10(14)4-6-11/h3-8H,2H2,1H3,(H,16,17). The van der Waals surface area contributed by atoms with Gasteiger partial charge in [0, 0.05) is 16.7 Å². The minimum Gasteiger partial charge on any atom is -0.321 e. The largest absolute Gasteiger partial charge is 0.321 e. The summed E-state index contributed by atoms with van der Waals surface area (Å²) >= 11 is 3.26. The van der Waals surface area contributed by atoms with Crippen LogP contribution in [0.25, 0.3) is 0 Å². The second kappa shape index (κ2) is 6.30. The molecule has 1 amide bonds. The second-order valence-electron chi connectivity index (χ2n) is 3.36. The summed E-state index contributed by atoms with van der Waals surface area (Å²) < 4.78 is 12.6. The zero-order valence-corrected chi connectivity index (χ0v) is 10.9. The highest BCUT2D eigenvalue weighted by molar-refractivity contribution is 9.09. The highest BCUT2D eigenvalue weighted by Gasteiger charge is 2.05. The highest BCUT2D eigenvalue weighted by Crippen LogP contribution is 2.09. The molecule has 0 bridgehead atoms. The third-order valence-electron chi connectivity index (χ3n) is 1.80. The number of aliphatic imine (C=N–C) groups is 1. The molecular formula is C12H12BrFN2O. The number of alkyl halides is 1. The van der Waals surface area contributed by atoms with Crippen molar-refractivity contribution >= 4 is 33.7 Å². The molecule has 0 spiro atoms. The Hall–Kier alpha value is -1.49. The Labute approximate surface area is 108 Å². The zero-order valence-electron chi connectivity index (χ0n) is 9.28. The molecule has 0 aromatic heterocycles. The van der Waals surface area contributed by atoms with Crippen molar-refractivity contribution in [2.45, 2.75) is 11.8 Å². The second-order valence-corrected chi connectivity index (χ2v) is 4.81. The van der Waals surface area contributed by atoms with Gasteiger partial charge in [0.05, 0.1) is 0 Å². The minimum atomic E-state index is -0.416. The van der Waals surface area contributed by atoms with Crippen LogP contribution >= 0.6 is 15.9 Å². The number of nitrogens with zero attached hydrogens (tertiary/aromatic N) is 1. The molecule has 0 saturated heterocycles. The maximum atomic E-state index is 12.6. The molecule has 0 aliphatic rings. The molecule has 1 rings (SSSR count). The van der Waals surface area contributed by atoms with Crippen LogP contribution in [0.5, 0.6) is 0 Å². The lowest BCUT2D eigenvalue weighted by Crippen LogP contribution is -2.13. The predicted octanol–water partition coefficient (Wildman–Crippen LogP) is 3.13. The van der Waals surface area contributed by atoms with Gasteiger partial charge in [-0.3, -0.25) is 9.79 Å². The lowest BCUT2D eigenvalue weighted by atomic mass is 10.3. The number of carbonyl (C=O) groups excluding carboxylic acids is 1. The Kier molecular flexibility index (Phi) is 5.03. The van der Waals surface area contributed by atoms with Crippen molar-refractivity contribution in [3.05, 3.63) is 42.4 Å². The number of benzene rings is 1. The molecule has 90 valence electrons. The van der Waals surface area contributed by atoms with Crippen LogP contribution in [0.4, 0.5) is 10.1 Å². The summed E-state index contributed by atoms with van der Waals surface area (Å²) in [4.78, 5) is 15.5. The molecule has 1 aromatic rings. The van der Waals surface area contributed by atoms with Gasteiger partial charge in [0.15, 0.2) is 0 Å². The molecule has 0 fully saturated rings. The number of carbonyl (C=O) groups is 1. The number of anilines is 1. The first-order valence-electron chi connectivity index (χ1n) is 4.93. The van der Waals surface area contributed by atoms with E-state index in [-0.39, 0.29) is 16.3 Å². The smallest absolute Gasteiger partial charge is 0.273 e. The average molecular weight is 299 g/mol. The fourth-order valence-corrected chi connectivity index (χ4v) is 1.11. The highest BCUT2D eigenvalue weighted by atomic mass is 79.9. The van der Waals surface area contributed by atoms with Gasteiger partial charge < -0.3 is 5.32 Å². The van der Waals surface area contributed by atoms with Crippen LogP contribution in [0.2, 0.25) is 0 Å². The van der Waals surface area contributed by atoms with E-state index in [0.717, 1.165) is 0 Å². The van der Waals surface area contributed by atoms with Gasteiger partial charge in [-0.1, -0.05) is 22.5 Å². The van der Waals surface area contributed by atoms with E-state index >= 15 is 0 Å². The van der Waals surface area contributed by atoms with Crippen LogP contribution < -0.4 is 5.32 Å². The first-order chi connectivity index (χ1) is 7.99. The molecule has 5 heteroatoms. The average Bonchev–Trinajstić information content (AvgIpc) is 2.28. The van der Waals surface area contributed by atoms with Gasteiger partial charge in [-0.05, 0) is 31.2 Å². The third kappa shape index (κ3) is 4.91. The summed E-state index contributed by atoms with van der Waals surface area (Å²) in [5, 5.41) is 2.56. The molecular weight excluding hydrogens is 287 g/mol. The summed E-state index contributed by atoms with van der Waals surface area (Å²) in [6.45, 7) is 5.41. The van der Waals surface area contributed by atoms with E-state index in [0.29, 0.717) is 5.69 Å². The number of nitrogens with one attached hydrogen (secondary N) is 1. The van der Waals surface area contributed by atoms with Crippen LogP contribution in [0.3, 0.4) is 0 Å². The van der Waals surface area contributed by atoms with Crippen LogP contribution in [0.1, 0.15) is 6.92 Å². The summed E-state index contributed by atoms with van der Waals surface area (Å²) in [5.41, 5.74) is 0.597. The number of amides is 1. The Balaban J connectivity index is 2.60. The third-order valence-corrected chi connectivity index (χ3v) is 2.04. The van der Waals surface area contributed by atoms with E-state index in [1.165, 1.54) is 24.3 Å². The molecule has 17 heavy (non-hydrogen) atoms. The Morgan fingerprint density at radius 2 is 2.12 bits per heavy atom. The molecule has 0 aliphatic heterocycles. The molecule has 1 aromatic carbocycles. The first kappa shape index (κ1) is 13.6. The maximum Gasteiger partial charge on any atom is 0.273 e. The summed E-state index contributed by atoms with van der Waals surface area (Å²) in [6.07, 6.45) is 1.56. The minimum absolute atomic E-state index is 0.0675. The van der Waals surface area contributed by atoms with Crippen molar-refractivity contribution < 1.29 is 9.18 Å². The van der Waals surface area contributed by atoms with E-state index in [9.17, 15) is 9.18 Å². The fraction of sp³-hybridized carbons (Fsp3) is 0.167. The van der Waals surface area contributed by atoms with Crippen molar-refractivity contribution in [3.8, 4) is 0 Å². The van der Waals surface area contributed by atoms with E-state index in [4.69, 9.17) is 0 Å². The van der Waals surface area contributed by atoms with Crippen LogP contribution in [-0.4, -0.2) is 16.9 Å². The Morgan fingerprint density at radius 3 is 2.65 bits per heavy atom. The van der Waals surface area contributed by atoms with Gasteiger partial charge in [-0.25, -0.2) is 4.39 Å². The lowest BCUT2D eigenvalue weighted by molar-refractivity contribution is -0.112. The molecule has 0 heterocycles. The molecule has 0 radical (unpaired) electrons. The zero-order chi connectivity index (χ0) is 12.8. The van der Waals surface area contributed by atoms with E-state index in [1.54, 1.807) is 6.21 Å². The van der Waals surface area contributed by atoms with E-state index in [1.807, 2.05) is 6.92 Å². The van der Waals surface area contributed by atoms with Gasteiger partial charge in [0.25, 0.3) is 5.91 Å². The van der Waals surface area contributed by atoms with Crippen molar-refractivity contribution in [2.24, 2.45) is 4.99 Å².